The number of carbonyl (C=O) groups is 1. The second-order valence-electron chi connectivity index (χ2n) is 3.76. The molecule has 0 radical (unpaired) electrons. The number of furan rings is 1. The quantitative estimate of drug-likeness (QED) is 0.698. The molecule has 1 aromatic heterocycles. The third kappa shape index (κ3) is 2.91. The second-order valence-corrected chi connectivity index (χ2v) is 3.76. The van der Waals surface area contributed by atoms with E-state index in [2.05, 4.69) is 0 Å². The van der Waals surface area contributed by atoms with E-state index in [0.717, 1.165) is 32.8 Å². The lowest BCUT2D eigenvalue weighted by molar-refractivity contribution is -0.907. The van der Waals surface area contributed by atoms with Crippen LogP contribution in [0.2, 0.25) is 0 Å². The number of morpholine rings is 1. The minimum atomic E-state index is 0.0963. The van der Waals surface area contributed by atoms with Gasteiger partial charge < -0.3 is 14.1 Å². The molecule has 1 fully saturated rings. The molecule has 0 aliphatic carbocycles. The minimum Gasteiger partial charge on any atom is -0.461 e. The molecule has 0 amide bonds. The van der Waals surface area contributed by atoms with Crippen molar-refractivity contribution < 1.29 is 18.8 Å². The summed E-state index contributed by atoms with van der Waals surface area (Å²) < 4.78 is 10.3. The molecule has 0 spiro atoms. The van der Waals surface area contributed by atoms with Crippen molar-refractivity contribution in [2.24, 2.45) is 0 Å². The predicted molar refractivity (Wildman–Crippen MR) is 54.0 cm³/mol. The maximum atomic E-state index is 11.6. The van der Waals surface area contributed by atoms with Gasteiger partial charge in [-0.25, -0.2) is 0 Å². The van der Waals surface area contributed by atoms with Crippen LogP contribution < -0.4 is 4.90 Å². The van der Waals surface area contributed by atoms with E-state index in [1.54, 1.807) is 12.1 Å². The van der Waals surface area contributed by atoms with E-state index in [1.165, 1.54) is 11.2 Å². The number of ketones is 1. The first-order valence-corrected chi connectivity index (χ1v) is 5.34. The number of hydrogen-bond acceptors (Lipinski definition) is 3. The van der Waals surface area contributed by atoms with Crippen molar-refractivity contribution >= 4 is 5.78 Å². The van der Waals surface area contributed by atoms with Crippen molar-refractivity contribution in [2.75, 3.05) is 32.8 Å². The van der Waals surface area contributed by atoms with E-state index in [-0.39, 0.29) is 5.78 Å². The molecule has 2 heterocycles. The maximum Gasteiger partial charge on any atom is 0.203 e. The van der Waals surface area contributed by atoms with Crippen molar-refractivity contribution in [1.29, 1.82) is 0 Å². The zero-order chi connectivity index (χ0) is 10.5. The molecule has 0 aromatic carbocycles. The topological polar surface area (TPSA) is 43.9 Å². The summed E-state index contributed by atoms with van der Waals surface area (Å²) in [5.74, 6) is 0.571. The van der Waals surface area contributed by atoms with Crippen molar-refractivity contribution in [2.45, 2.75) is 6.42 Å². The lowest BCUT2D eigenvalue weighted by atomic mass is 10.2. The standard InChI is InChI=1S/C11H15NO3/c13-10(11-2-1-7-15-11)3-4-12-5-8-14-9-6-12/h1-2,7H,3-6,8-9H2/p+1. The molecule has 1 N–H and O–H groups in total. The minimum absolute atomic E-state index is 0.0963. The Hall–Kier alpha value is -1.13. The van der Waals surface area contributed by atoms with Crippen LogP contribution in [-0.2, 0) is 4.74 Å². The Bertz CT molecular complexity index is 302. The summed E-state index contributed by atoms with van der Waals surface area (Å²) in [5.41, 5.74) is 0. The summed E-state index contributed by atoms with van der Waals surface area (Å²) in [6.45, 7) is 4.51. The number of Topliss-reactive ketones (excluding diaryl/α,β-unsaturated/α-hetero) is 1. The van der Waals surface area contributed by atoms with Crippen molar-refractivity contribution in [1.82, 2.24) is 0 Å². The van der Waals surface area contributed by atoms with Crippen LogP contribution in [0.3, 0.4) is 0 Å². The van der Waals surface area contributed by atoms with Crippen LogP contribution in [0.1, 0.15) is 17.0 Å². The number of ether oxygens (including phenoxy) is 1. The molecule has 0 saturated carbocycles. The van der Waals surface area contributed by atoms with Crippen molar-refractivity contribution in [3.63, 3.8) is 0 Å². The Labute approximate surface area is 88.8 Å². The highest BCUT2D eigenvalue weighted by Gasteiger charge is 2.16. The molecule has 1 aliphatic rings. The van der Waals surface area contributed by atoms with Crippen LogP contribution in [0, 0.1) is 0 Å². The molecule has 82 valence electrons. The summed E-state index contributed by atoms with van der Waals surface area (Å²) >= 11 is 0. The van der Waals surface area contributed by atoms with Gasteiger partial charge in [0.05, 0.1) is 32.4 Å². The smallest absolute Gasteiger partial charge is 0.203 e. The normalized spacial score (nSPS) is 17.9. The molecule has 1 aliphatic heterocycles. The SMILES string of the molecule is O=C(CC[NH+]1CCOCC1)c1ccco1. The molecule has 0 atom stereocenters. The molecule has 0 unspecified atom stereocenters. The molecular formula is C11H16NO3+. The van der Waals surface area contributed by atoms with Gasteiger partial charge in [0.25, 0.3) is 0 Å². The van der Waals surface area contributed by atoms with Crippen molar-refractivity contribution in [3.05, 3.63) is 24.2 Å². The third-order valence-electron chi connectivity index (χ3n) is 2.70. The average molecular weight is 210 g/mol. The number of rotatable bonds is 4. The first kappa shape index (κ1) is 10.4. The highest BCUT2D eigenvalue weighted by molar-refractivity contribution is 5.93. The fourth-order valence-electron chi connectivity index (χ4n) is 1.76. The van der Waals surface area contributed by atoms with E-state index in [9.17, 15) is 4.79 Å². The lowest BCUT2D eigenvalue weighted by Gasteiger charge is -2.23. The Morgan fingerprint density at radius 3 is 2.87 bits per heavy atom. The van der Waals surface area contributed by atoms with E-state index < -0.39 is 0 Å². The molecule has 1 aromatic rings. The van der Waals surface area contributed by atoms with Crippen LogP contribution in [0.25, 0.3) is 0 Å². The molecule has 2 rings (SSSR count). The van der Waals surface area contributed by atoms with Gasteiger partial charge in [-0.15, -0.1) is 0 Å². The first-order chi connectivity index (χ1) is 7.36. The Balaban J connectivity index is 1.75. The van der Waals surface area contributed by atoms with Crippen LogP contribution in [-0.4, -0.2) is 38.6 Å². The lowest BCUT2D eigenvalue weighted by Crippen LogP contribution is -3.14. The predicted octanol–water partition coefficient (Wildman–Crippen LogP) is -0.232. The Morgan fingerprint density at radius 2 is 2.20 bits per heavy atom. The van der Waals surface area contributed by atoms with Crippen molar-refractivity contribution in [3.8, 4) is 0 Å². The fourth-order valence-corrected chi connectivity index (χ4v) is 1.76. The second kappa shape index (κ2) is 5.09. The molecular weight excluding hydrogens is 194 g/mol. The van der Waals surface area contributed by atoms with E-state index >= 15 is 0 Å². The van der Waals surface area contributed by atoms with E-state index in [0.29, 0.717) is 12.2 Å². The van der Waals surface area contributed by atoms with Gasteiger partial charge in [-0.2, -0.15) is 0 Å². The number of quaternary nitrogens is 1. The van der Waals surface area contributed by atoms with Gasteiger partial charge in [-0.3, -0.25) is 4.79 Å². The molecule has 0 bridgehead atoms. The van der Waals surface area contributed by atoms with Gasteiger partial charge in [-0.1, -0.05) is 0 Å². The van der Waals surface area contributed by atoms with Gasteiger partial charge in [0.15, 0.2) is 5.76 Å². The third-order valence-corrected chi connectivity index (χ3v) is 2.70. The monoisotopic (exact) mass is 210 g/mol. The largest absolute Gasteiger partial charge is 0.461 e. The zero-order valence-electron chi connectivity index (χ0n) is 8.70. The summed E-state index contributed by atoms with van der Waals surface area (Å²) in [4.78, 5) is 13.1. The number of nitrogens with one attached hydrogen (secondary N) is 1. The molecule has 4 heteroatoms. The highest BCUT2D eigenvalue weighted by Crippen LogP contribution is 2.02. The first-order valence-electron chi connectivity index (χ1n) is 5.34. The summed E-state index contributed by atoms with van der Waals surface area (Å²) in [7, 11) is 0. The summed E-state index contributed by atoms with van der Waals surface area (Å²) in [6, 6.07) is 3.46. The average Bonchev–Trinajstić information content (AvgIpc) is 2.81. The van der Waals surface area contributed by atoms with Gasteiger partial charge in [0.1, 0.15) is 13.1 Å². The van der Waals surface area contributed by atoms with Crippen LogP contribution in [0.4, 0.5) is 0 Å². The maximum absolute atomic E-state index is 11.6. The number of carbonyl (C=O) groups excluding carboxylic acids is 1. The molecule has 4 nitrogen and oxygen atoms in total. The fraction of sp³-hybridized carbons (Fsp3) is 0.545. The van der Waals surface area contributed by atoms with Crippen LogP contribution in [0.15, 0.2) is 22.8 Å². The van der Waals surface area contributed by atoms with Gasteiger partial charge >= 0.3 is 0 Å². The van der Waals surface area contributed by atoms with Gasteiger partial charge in [-0.05, 0) is 12.1 Å². The highest BCUT2D eigenvalue weighted by atomic mass is 16.5. The number of hydrogen-bond donors (Lipinski definition) is 1. The molecule has 15 heavy (non-hydrogen) atoms. The van der Waals surface area contributed by atoms with E-state index in [1.807, 2.05) is 0 Å². The van der Waals surface area contributed by atoms with Crippen LogP contribution >= 0.6 is 0 Å². The summed E-state index contributed by atoms with van der Waals surface area (Å²) in [6.07, 6.45) is 2.09. The Morgan fingerprint density at radius 1 is 1.40 bits per heavy atom. The summed E-state index contributed by atoms with van der Waals surface area (Å²) in [5, 5.41) is 0. The van der Waals surface area contributed by atoms with E-state index in [4.69, 9.17) is 9.15 Å². The molecule has 1 saturated heterocycles. The van der Waals surface area contributed by atoms with Gasteiger partial charge in [0.2, 0.25) is 5.78 Å². The van der Waals surface area contributed by atoms with Gasteiger partial charge in [0, 0.05) is 0 Å². The zero-order valence-corrected chi connectivity index (χ0v) is 8.70. The van der Waals surface area contributed by atoms with Crippen LogP contribution in [0.5, 0.6) is 0 Å². The Kier molecular flexibility index (Phi) is 3.53.